The van der Waals surface area contributed by atoms with Crippen molar-refractivity contribution in [2.24, 2.45) is 0 Å². The molecule has 0 aliphatic heterocycles. The summed E-state index contributed by atoms with van der Waals surface area (Å²) >= 11 is 12.4. The first-order valence-electron chi connectivity index (χ1n) is 7.20. The molecular weight excluding hydrogens is 394 g/mol. The van der Waals surface area contributed by atoms with Crippen LogP contribution in [0.4, 0.5) is 13.2 Å². The van der Waals surface area contributed by atoms with Crippen LogP contribution in [0.3, 0.4) is 0 Å². The first-order valence-corrected chi connectivity index (χ1v) is 7.95. The molecule has 0 radical (unpaired) electrons. The van der Waals surface area contributed by atoms with Crippen LogP contribution in [0.25, 0.3) is 10.9 Å². The number of aromatic nitrogens is 1. The van der Waals surface area contributed by atoms with Crippen molar-refractivity contribution in [1.29, 1.82) is 0 Å². The molecule has 0 saturated heterocycles. The number of carboxylic acids is 1. The van der Waals surface area contributed by atoms with Crippen LogP contribution in [-0.4, -0.2) is 16.1 Å². The van der Waals surface area contributed by atoms with Crippen molar-refractivity contribution in [2.45, 2.75) is 12.8 Å². The van der Waals surface area contributed by atoms with Crippen molar-refractivity contribution in [3.8, 4) is 5.75 Å². The molecule has 0 bridgehead atoms. The van der Waals surface area contributed by atoms with E-state index in [4.69, 9.17) is 33.0 Å². The Balaban J connectivity index is 1.85. The Morgan fingerprint density at radius 3 is 2.38 bits per heavy atom. The maximum Gasteiger partial charge on any atom is 0.416 e. The van der Waals surface area contributed by atoms with Crippen LogP contribution >= 0.6 is 23.2 Å². The molecule has 2 N–H and O–H groups in total. The number of halogens is 5. The van der Waals surface area contributed by atoms with Crippen LogP contribution in [0.2, 0.25) is 10.0 Å². The van der Waals surface area contributed by atoms with Gasteiger partial charge >= 0.3 is 12.1 Å². The lowest BCUT2D eigenvalue weighted by molar-refractivity contribution is -0.137. The van der Waals surface area contributed by atoms with E-state index in [0.29, 0.717) is 16.5 Å². The van der Waals surface area contributed by atoms with Crippen molar-refractivity contribution >= 4 is 40.1 Å². The fourth-order valence-electron chi connectivity index (χ4n) is 2.38. The van der Waals surface area contributed by atoms with E-state index >= 15 is 0 Å². The number of fused-ring (bicyclic) bond motifs is 1. The van der Waals surface area contributed by atoms with Gasteiger partial charge in [-0.25, -0.2) is 4.79 Å². The first kappa shape index (κ1) is 18.4. The average Bonchev–Trinajstić information content (AvgIpc) is 2.98. The van der Waals surface area contributed by atoms with Crippen molar-refractivity contribution in [3.63, 3.8) is 0 Å². The van der Waals surface area contributed by atoms with E-state index in [0.717, 1.165) is 12.1 Å². The fourth-order valence-corrected chi connectivity index (χ4v) is 3.00. The number of hydrogen-bond acceptors (Lipinski definition) is 2. The van der Waals surface area contributed by atoms with E-state index in [1.54, 1.807) is 0 Å². The molecule has 3 rings (SSSR count). The van der Waals surface area contributed by atoms with Gasteiger partial charge in [-0.2, -0.15) is 13.2 Å². The third kappa shape index (κ3) is 3.59. The van der Waals surface area contributed by atoms with Gasteiger partial charge in [-0.3, -0.25) is 0 Å². The summed E-state index contributed by atoms with van der Waals surface area (Å²) < 4.78 is 43.3. The maximum absolute atomic E-state index is 12.6. The standard InChI is InChI=1S/C17H10Cl2F3NO3/c18-11-6-12-10(5-13(23-12)16(24)25)14(19)15(11)26-7-8-1-3-9(4-2-8)17(20,21)22/h1-6,23H,7H2,(H,24,25). The minimum absolute atomic E-state index is 0.0563. The molecule has 0 spiro atoms. The zero-order chi connectivity index (χ0) is 19.1. The molecule has 2 aromatic carbocycles. The number of carboxylic acid groups (broad SMARTS) is 1. The largest absolute Gasteiger partial charge is 0.486 e. The van der Waals surface area contributed by atoms with Gasteiger partial charge in [-0.15, -0.1) is 0 Å². The number of aromatic carboxylic acids is 1. The SMILES string of the molecule is O=C(O)c1cc2c(Cl)c(OCc3ccc(C(F)(F)F)cc3)c(Cl)cc2[nH]1. The molecule has 4 nitrogen and oxygen atoms in total. The molecule has 1 heterocycles. The lowest BCUT2D eigenvalue weighted by atomic mass is 10.1. The molecule has 0 saturated carbocycles. The third-order valence-electron chi connectivity index (χ3n) is 3.67. The first-order chi connectivity index (χ1) is 12.2. The maximum atomic E-state index is 12.6. The highest BCUT2D eigenvalue weighted by Crippen LogP contribution is 2.40. The molecule has 0 aliphatic carbocycles. The summed E-state index contributed by atoms with van der Waals surface area (Å²) in [6.07, 6.45) is -4.41. The normalized spacial score (nSPS) is 11.7. The Labute approximate surface area is 155 Å². The molecule has 0 amide bonds. The Bertz CT molecular complexity index is 982. The number of carbonyl (C=O) groups is 1. The van der Waals surface area contributed by atoms with Gasteiger partial charge in [0.15, 0.2) is 5.75 Å². The van der Waals surface area contributed by atoms with Crippen LogP contribution in [0.15, 0.2) is 36.4 Å². The summed E-state index contributed by atoms with van der Waals surface area (Å²) in [7, 11) is 0. The Morgan fingerprint density at radius 1 is 1.15 bits per heavy atom. The van der Waals surface area contributed by atoms with E-state index < -0.39 is 17.7 Å². The second-order valence-corrected chi connectivity index (χ2v) is 6.22. The Kier molecular flexibility index (Phi) is 4.77. The molecule has 9 heteroatoms. The number of rotatable bonds is 4. The van der Waals surface area contributed by atoms with Gasteiger partial charge in [-0.1, -0.05) is 35.3 Å². The molecule has 3 aromatic rings. The van der Waals surface area contributed by atoms with E-state index in [1.165, 1.54) is 24.3 Å². The van der Waals surface area contributed by atoms with E-state index in [-0.39, 0.29) is 28.1 Å². The van der Waals surface area contributed by atoms with Crippen molar-refractivity contribution in [2.75, 3.05) is 0 Å². The van der Waals surface area contributed by atoms with Gasteiger partial charge in [0, 0.05) is 10.9 Å². The molecule has 0 fully saturated rings. The van der Waals surface area contributed by atoms with Gasteiger partial charge in [0.05, 0.1) is 15.6 Å². The fraction of sp³-hybridized carbons (Fsp3) is 0.118. The summed E-state index contributed by atoms with van der Waals surface area (Å²) in [5.41, 5.74) is 0.106. The van der Waals surface area contributed by atoms with Gasteiger partial charge in [0.1, 0.15) is 12.3 Å². The quantitative estimate of drug-likeness (QED) is 0.580. The summed E-state index contributed by atoms with van der Waals surface area (Å²) in [5, 5.41) is 9.70. The van der Waals surface area contributed by atoms with Crippen LogP contribution in [0.5, 0.6) is 5.75 Å². The number of alkyl halides is 3. The van der Waals surface area contributed by atoms with Crippen molar-refractivity contribution in [3.05, 3.63) is 63.3 Å². The molecule has 0 atom stereocenters. The number of H-pyrrole nitrogens is 1. The summed E-state index contributed by atoms with van der Waals surface area (Å²) in [6.45, 7) is -0.0563. The second kappa shape index (κ2) is 6.74. The minimum Gasteiger partial charge on any atom is -0.486 e. The number of nitrogens with one attached hydrogen (secondary N) is 1. The van der Waals surface area contributed by atoms with E-state index in [1.807, 2.05) is 0 Å². The number of aromatic amines is 1. The number of benzene rings is 2. The van der Waals surface area contributed by atoms with E-state index in [9.17, 15) is 18.0 Å². The second-order valence-electron chi connectivity index (χ2n) is 5.43. The monoisotopic (exact) mass is 403 g/mol. The molecule has 136 valence electrons. The predicted octanol–water partition coefficient (Wildman–Crippen LogP) is 5.77. The van der Waals surface area contributed by atoms with Crippen LogP contribution in [0.1, 0.15) is 21.6 Å². The Morgan fingerprint density at radius 2 is 1.81 bits per heavy atom. The van der Waals surface area contributed by atoms with Gasteiger partial charge in [-0.05, 0) is 29.8 Å². The molecular formula is C17H10Cl2F3NO3. The third-order valence-corrected chi connectivity index (χ3v) is 4.32. The molecule has 26 heavy (non-hydrogen) atoms. The van der Waals surface area contributed by atoms with E-state index in [2.05, 4.69) is 4.98 Å². The molecule has 1 aromatic heterocycles. The van der Waals surface area contributed by atoms with Crippen molar-refractivity contribution in [1.82, 2.24) is 4.98 Å². The number of hydrogen-bond donors (Lipinski definition) is 2. The Hall–Kier alpha value is -2.38. The van der Waals surface area contributed by atoms with Gasteiger partial charge in [0.2, 0.25) is 0 Å². The lowest BCUT2D eigenvalue weighted by Crippen LogP contribution is -2.05. The van der Waals surface area contributed by atoms with Gasteiger partial charge in [0.25, 0.3) is 0 Å². The summed E-state index contributed by atoms with van der Waals surface area (Å²) in [5.74, 6) is -1.03. The van der Waals surface area contributed by atoms with Crippen molar-refractivity contribution < 1.29 is 27.8 Å². The predicted molar refractivity (Wildman–Crippen MR) is 91.1 cm³/mol. The zero-order valence-electron chi connectivity index (χ0n) is 12.8. The summed E-state index contributed by atoms with van der Waals surface area (Å²) in [4.78, 5) is 13.7. The average molecular weight is 404 g/mol. The number of ether oxygens (including phenoxy) is 1. The van der Waals surface area contributed by atoms with Crippen LogP contribution < -0.4 is 4.74 Å². The van der Waals surface area contributed by atoms with Gasteiger partial charge < -0.3 is 14.8 Å². The minimum atomic E-state index is -4.41. The molecule has 0 aliphatic rings. The highest BCUT2D eigenvalue weighted by atomic mass is 35.5. The lowest BCUT2D eigenvalue weighted by Gasteiger charge is -2.12. The smallest absolute Gasteiger partial charge is 0.416 e. The highest BCUT2D eigenvalue weighted by Gasteiger charge is 2.29. The zero-order valence-corrected chi connectivity index (χ0v) is 14.3. The van der Waals surface area contributed by atoms with Crippen LogP contribution in [-0.2, 0) is 12.8 Å². The summed E-state index contributed by atoms with van der Waals surface area (Å²) in [6, 6.07) is 7.31. The van der Waals surface area contributed by atoms with Crippen LogP contribution in [0, 0.1) is 0 Å². The topological polar surface area (TPSA) is 62.3 Å². The highest BCUT2D eigenvalue weighted by molar-refractivity contribution is 6.41. The molecule has 0 unspecified atom stereocenters.